The molecule has 1 atom stereocenters. The number of carbonyl (C=O) groups is 1. The van der Waals surface area contributed by atoms with Gasteiger partial charge in [-0.2, -0.15) is 4.72 Å². The predicted octanol–water partition coefficient (Wildman–Crippen LogP) is 3.73. The molecule has 0 spiro atoms. The molecule has 0 saturated heterocycles. The van der Waals surface area contributed by atoms with E-state index in [2.05, 4.69) is 4.72 Å². The molecule has 5 nitrogen and oxygen atoms in total. The third-order valence-corrected chi connectivity index (χ3v) is 5.07. The van der Waals surface area contributed by atoms with E-state index in [1.807, 2.05) is 26.8 Å². The Hall–Kier alpha value is -1.66. The van der Waals surface area contributed by atoms with Crippen LogP contribution in [0.5, 0.6) is 0 Å². The minimum absolute atomic E-state index is 0.116. The summed E-state index contributed by atoms with van der Waals surface area (Å²) in [5.41, 5.74) is -0.157. The van der Waals surface area contributed by atoms with Gasteiger partial charge in [0.05, 0.1) is 4.90 Å². The van der Waals surface area contributed by atoms with E-state index in [9.17, 15) is 13.2 Å². The summed E-state index contributed by atoms with van der Waals surface area (Å²) in [7, 11) is -3.86. The van der Waals surface area contributed by atoms with Gasteiger partial charge in [-0.05, 0) is 67.0 Å². The molecule has 1 rings (SSSR count). The largest absolute Gasteiger partial charge is 0.459 e. The predicted molar refractivity (Wildman–Crippen MR) is 99.8 cm³/mol. The third kappa shape index (κ3) is 6.63. The van der Waals surface area contributed by atoms with E-state index in [-0.39, 0.29) is 11.3 Å². The van der Waals surface area contributed by atoms with Crippen LogP contribution in [0.15, 0.2) is 40.8 Å². The topological polar surface area (TPSA) is 72.5 Å². The summed E-state index contributed by atoms with van der Waals surface area (Å²) in [6.07, 6.45) is 2.02. The summed E-state index contributed by atoms with van der Waals surface area (Å²) in [5, 5.41) is 0. The van der Waals surface area contributed by atoms with E-state index in [1.54, 1.807) is 39.8 Å². The molecule has 140 valence electrons. The normalized spacial score (nSPS) is 14.5. The SMILES string of the molecule is CC(C)=CCC(C)(NS(=O)(=O)c1ccc(C)cc1)C(=O)OC(C)(C)C. The molecular weight excluding hydrogens is 338 g/mol. The molecule has 0 bridgehead atoms. The van der Waals surface area contributed by atoms with Gasteiger partial charge < -0.3 is 4.74 Å². The lowest BCUT2D eigenvalue weighted by Gasteiger charge is -2.31. The molecule has 0 radical (unpaired) electrons. The molecule has 0 aromatic heterocycles. The van der Waals surface area contributed by atoms with Crippen LogP contribution in [0.2, 0.25) is 0 Å². The van der Waals surface area contributed by atoms with Crippen molar-refractivity contribution in [2.45, 2.75) is 70.9 Å². The van der Waals surface area contributed by atoms with Gasteiger partial charge in [0, 0.05) is 0 Å². The monoisotopic (exact) mass is 367 g/mol. The highest BCUT2D eigenvalue weighted by Gasteiger charge is 2.40. The van der Waals surface area contributed by atoms with Gasteiger partial charge in [0.15, 0.2) is 0 Å². The maximum atomic E-state index is 12.7. The van der Waals surface area contributed by atoms with E-state index >= 15 is 0 Å². The van der Waals surface area contributed by atoms with Crippen molar-refractivity contribution >= 4 is 16.0 Å². The molecule has 25 heavy (non-hydrogen) atoms. The first kappa shape index (κ1) is 21.4. The van der Waals surface area contributed by atoms with Crippen LogP contribution in [0, 0.1) is 6.92 Å². The molecule has 0 aliphatic carbocycles. The van der Waals surface area contributed by atoms with Crippen molar-refractivity contribution in [3.63, 3.8) is 0 Å². The first-order valence-electron chi connectivity index (χ1n) is 8.23. The number of nitrogens with one attached hydrogen (secondary N) is 1. The van der Waals surface area contributed by atoms with Crippen LogP contribution in [0.1, 0.15) is 53.5 Å². The Morgan fingerprint density at radius 3 is 2.08 bits per heavy atom. The van der Waals surface area contributed by atoms with Gasteiger partial charge in [0.25, 0.3) is 0 Å². The Morgan fingerprint density at radius 2 is 1.64 bits per heavy atom. The molecule has 0 saturated carbocycles. The number of rotatable bonds is 6. The molecule has 0 fully saturated rings. The summed E-state index contributed by atoms with van der Waals surface area (Å²) in [6.45, 7) is 12.5. The minimum Gasteiger partial charge on any atom is -0.459 e. The van der Waals surface area contributed by atoms with Crippen LogP contribution >= 0.6 is 0 Å². The van der Waals surface area contributed by atoms with Crippen LogP contribution in [0.25, 0.3) is 0 Å². The van der Waals surface area contributed by atoms with Gasteiger partial charge >= 0.3 is 5.97 Å². The molecule has 1 unspecified atom stereocenters. The van der Waals surface area contributed by atoms with Crippen molar-refractivity contribution in [3.05, 3.63) is 41.5 Å². The summed E-state index contributed by atoms with van der Waals surface area (Å²) in [5.74, 6) is -0.604. The number of aryl methyl sites for hydroxylation is 1. The highest BCUT2D eigenvalue weighted by molar-refractivity contribution is 7.89. The zero-order chi connectivity index (χ0) is 19.5. The second-order valence-electron chi connectivity index (χ2n) is 7.74. The molecule has 1 aromatic carbocycles. The van der Waals surface area contributed by atoms with Crippen molar-refractivity contribution in [2.24, 2.45) is 0 Å². The van der Waals surface area contributed by atoms with Gasteiger partial charge in [0.1, 0.15) is 11.1 Å². The maximum Gasteiger partial charge on any atom is 0.327 e. The van der Waals surface area contributed by atoms with Gasteiger partial charge in [-0.25, -0.2) is 13.2 Å². The van der Waals surface area contributed by atoms with Crippen LogP contribution in [0.3, 0.4) is 0 Å². The van der Waals surface area contributed by atoms with Gasteiger partial charge in [0.2, 0.25) is 10.0 Å². The molecule has 0 amide bonds. The number of sulfonamides is 1. The van der Waals surface area contributed by atoms with E-state index < -0.39 is 27.1 Å². The number of hydrogen-bond acceptors (Lipinski definition) is 4. The third-order valence-electron chi connectivity index (χ3n) is 3.46. The van der Waals surface area contributed by atoms with Crippen molar-refractivity contribution in [1.82, 2.24) is 4.72 Å². The fraction of sp³-hybridized carbons (Fsp3) is 0.526. The molecule has 1 N–H and O–H groups in total. The first-order chi connectivity index (χ1) is 11.3. The molecule has 0 aliphatic rings. The number of allylic oxidation sites excluding steroid dienone is 1. The average molecular weight is 368 g/mol. The number of benzene rings is 1. The Morgan fingerprint density at radius 1 is 1.12 bits per heavy atom. The number of ether oxygens (including phenoxy) is 1. The number of hydrogen-bond donors (Lipinski definition) is 1. The fourth-order valence-corrected chi connectivity index (χ4v) is 3.41. The van der Waals surface area contributed by atoms with E-state index in [0.29, 0.717) is 0 Å². The lowest BCUT2D eigenvalue weighted by atomic mass is 9.97. The number of carbonyl (C=O) groups excluding carboxylic acids is 1. The molecule has 0 heterocycles. The molecule has 1 aromatic rings. The summed E-state index contributed by atoms with van der Waals surface area (Å²) in [4.78, 5) is 12.8. The van der Waals surface area contributed by atoms with Crippen molar-refractivity contribution < 1.29 is 17.9 Å². The highest BCUT2D eigenvalue weighted by Crippen LogP contribution is 2.22. The molecule has 6 heteroatoms. The Bertz CT molecular complexity index is 739. The lowest BCUT2D eigenvalue weighted by Crippen LogP contribution is -2.54. The second-order valence-corrected chi connectivity index (χ2v) is 9.42. The summed E-state index contributed by atoms with van der Waals surface area (Å²) >= 11 is 0. The van der Waals surface area contributed by atoms with Crippen molar-refractivity contribution in [2.75, 3.05) is 0 Å². The van der Waals surface area contributed by atoms with E-state index in [1.165, 1.54) is 12.1 Å². The zero-order valence-corrected chi connectivity index (χ0v) is 17.0. The number of esters is 1. The van der Waals surface area contributed by atoms with Crippen LogP contribution in [0.4, 0.5) is 0 Å². The molecule has 0 aliphatic heterocycles. The first-order valence-corrected chi connectivity index (χ1v) is 9.71. The van der Waals surface area contributed by atoms with Crippen molar-refractivity contribution in [3.8, 4) is 0 Å². The standard InChI is InChI=1S/C19H29NO4S/c1-14(2)12-13-19(7,17(21)24-18(4,5)6)20-25(22,23)16-10-8-15(3)9-11-16/h8-12,20H,13H2,1-7H3. The van der Waals surface area contributed by atoms with Crippen LogP contribution < -0.4 is 4.72 Å². The van der Waals surface area contributed by atoms with Crippen LogP contribution in [-0.4, -0.2) is 25.5 Å². The zero-order valence-electron chi connectivity index (χ0n) is 16.1. The average Bonchev–Trinajstić information content (AvgIpc) is 2.43. The van der Waals surface area contributed by atoms with Crippen LogP contribution in [-0.2, 0) is 19.6 Å². The van der Waals surface area contributed by atoms with Gasteiger partial charge in [-0.15, -0.1) is 0 Å². The Balaban J connectivity index is 3.21. The minimum atomic E-state index is -3.86. The van der Waals surface area contributed by atoms with Gasteiger partial charge in [-0.3, -0.25) is 0 Å². The second kappa shape index (κ2) is 7.70. The maximum absolute atomic E-state index is 12.7. The van der Waals surface area contributed by atoms with Gasteiger partial charge in [-0.1, -0.05) is 29.3 Å². The highest BCUT2D eigenvalue weighted by atomic mass is 32.2. The Labute approximate surface area is 151 Å². The summed E-state index contributed by atoms with van der Waals surface area (Å²) in [6, 6.07) is 6.48. The Kier molecular flexibility index (Phi) is 6.59. The van der Waals surface area contributed by atoms with Crippen molar-refractivity contribution in [1.29, 1.82) is 0 Å². The molecular formula is C19H29NO4S. The fourth-order valence-electron chi connectivity index (χ4n) is 2.04. The van der Waals surface area contributed by atoms with E-state index in [0.717, 1.165) is 11.1 Å². The van der Waals surface area contributed by atoms with E-state index in [4.69, 9.17) is 4.74 Å². The summed E-state index contributed by atoms with van der Waals surface area (Å²) < 4.78 is 33.4. The lowest BCUT2D eigenvalue weighted by molar-refractivity contribution is -0.161. The quantitative estimate of drug-likeness (QED) is 0.614. The smallest absolute Gasteiger partial charge is 0.327 e.